The molecule has 0 aromatic heterocycles. The molecular weight excluding hydrogens is 312 g/mol. The number of aromatic hydroxyl groups is 1. The summed E-state index contributed by atoms with van der Waals surface area (Å²) < 4.78 is 5.37. The van der Waals surface area contributed by atoms with Crippen molar-refractivity contribution in [2.24, 2.45) is 0 Å². The summed E-state index contributed by atoms with van der Waals surface area (Å²) >= 11 is 0. The van der Waals surface area contributed by atoms with E-state index in [1.54, 1.807) is 12.1 Å². The van der Waals surface area contributed by atoms with Gasteiger partial charge in [-0.2, -0.15) is 0 Å². The number of hydrogen-bond donors (Lipinski definition) is 1. The zero-order valence-electron chi connectivity index (χ0n) is 14.7. The van der Waals surface area contributed by atoms with Crippen molar-refractivity contribution in [3.8, 4) is 5.75 Å². The monoisotopic (exact) mass is 334 g/mol. The lowest BCUT2D eigenvalue weighted by Crippen LogP contribution is -2.11. The first-order valence-electron chi connectivity index (χ1n) is 8.33. The van der Waals surface area contributed by atoms with E-state index in [2.05, 4.69) is 32.9 Å². The van der Waals surface area contributed by atoms with Crippen molar-refractivity contribution in [1.29, 1.82) is 0 Å². The number of esters is 1. The average molecular weight is 334 g/mol. The van der Waals surface area contributed by atoms with E-state index in [-0.39, 0.29) is 23.3 Å². The number of fused-ring (bicyclic) bond motifs is 1. The predicted octanol–water partition coefficient (Wildman–Crippen LogP) is 5.20. The number of ether oxygens (including phenoxy) is 1. The summed E-state index contributed by atoms with van der Waals surface area (Å²) in [6.07, 6.45) is 0. The molecule has 25 heavy (non-hydrogen) atoms. The second kappa shape index (κ2) is 6.60. The molecule has 3 aromatic rings. The molecule has 0 aliphatic heterocycles. The van der Waals surface area contributed by atoms with Gasteiger partial charge in [0.2, 0.25) is 0 Å². The second-order valence-electron chi connectivity index (χ2n) is 7.24. The fourth-order valence-corrected chi connectivity index (χ4v) is 2.72. The normalized spacial score (nSPS) is 11.5. The molecule has 0 unspecified atom stereocenters. The van der Waals surface area contributed by atoms with Gasteiger partial charge in [-0.3, -0.25) is 0 Å². The van der Waals surface area contributed by atoms with Crippen LogP contribution in [0.15, 0.2) is 60.7 Å². The largest absolute Gasteiger partial charge is 0.507 e. The first-order valence-corrected chi connectivity index (χ1v) is 8.33. The van der Waals surface area contributed by atoms with Gasteiger partial charge in [-0.1, -0.05) is 69.3 Å². The lowest BCUT2D eigenvalue weighted by Gasteiger charge is -2.19. The van der Waals surface area contributed by atoms with Crippen LogP contribution in [0, 0.1) is 0 Å². The molecule has 0 saturated carbocycles. The van der Waals surface area contributed by atoms with E-state index in [0.29, 0.717) is 0 Å². The van der Waals surface area contributed by atoms with Gasteiger partial charge in [0, 0.05) is 0 Å². The number of hydrogen-bond acceptors (Lipinski definition) is 3. The Labute approximate surface area is 147 Å². The smallest absolute Gasteiger partial charge is 0.342 e. The lowest BCUT2D eigenvalue weighted by molar-refractivity contribution is 0.0469. The molecule has 0 amide bonds. The van der Waals surface area contributed by atoms with Crippen LogP contribution in [0.4, 0.5) is 0 Å². The van der Waals surface area contributed by atoms with Crippen molar-refractivity contribution >= 4 is 16.7 Å². The molecule has 3 rings (SSSR count). The van der Waals surface area contributed by atoms with Crippen LogP contribution in [0.2, 0.25) is 0 Å². The van der Waals surface area contributed by atoms with E-state index in [1.165, 1.54) is 5.56 Å². The summed E-state index contributed by atoms with van der Waals surface area (Å²) in [6, 6.07) is 18.9. The topological polar surface area (TPSA) is 46.5 Å². The van der Waals surface area contributed by atoms with Gasteiger partial charge in [-0.15, -0.1) is 0 Å². The summed E-state index contributed by atoms with van der Waals surface area (Å²) in [5.41, 5.74) is 2.42. The highest BCUT2D eigenvalue weighted by molar-refractivity contribution is 5.98. The number of phenols is 1. The second-order valence-corrected chi connectivity index (χ2v) is 7.24. The van der Waals surface area contributed by atoms with Gasteiger partial charge < -0.3 is 9.84 Å². The quantitative estimate of drug-likeness (QED) is 0.670. The Balaban J connectivity index is 1.73. The molecule has 0 bridgehead atoms. The number of carbonyl (C=O) groups excluding carboxylic acids is 1. The molecule has 0 fully saturated rings. The van der Waals surface area contributed by atoms with E-state index in [0.717, 1.165) is 16.3 Å². The average Bonchev–Trinajstić information content (AvgIpc) is 2.58. The SMILES string of the molecule is CC(C)(C)c1ccc(COC(=O)c2cc3ccccc3cc2O)cc1. The maximum absolute atomic E-state index is 12.3. The van der Waals surface area contributed by atoms with Gasteiger partial charge in [0.05, 0.1) is 0 Å². The van der Waals surface area contributed by atoms with Gasteiger partial charge in [-0.25, -0.2) is 4.79 Å². The lowest BCUT2D eigenvalue weighted by atomic mass is 9.87. The molecule has 0 spiro atoms. The summed E-state index contributed by atoms with van der Waals surface area (Å²) in [6.45, 7) is 6.65. The minimum absolute atomic E-state index is 0.0632. The molecule has 0 heterocycles. The molecule has 0 saturated heterocycles. The van der Waals surface area contributed by atoms with Crippen molar-refractivity contribution in [2.75, 3.05) is 0 Å². The first kappa shape index (κ1) is 17.0. The third kappa shape index (κ3) is 3.82. The minimum atomic E-state index is -0.525. The number of phenolic OH excluding ortho intramolecular Hbond substituents is 1. The molecule has 1 N–H and O–H groups in total. The summed E-state index contributed by atoms with van der Waals surface area (Å²) in [7, 11) is 0. The molecule has 3 nitrogen and oxygen atoms in total. The molecule has 0 aliphatic carbocycles. The maximum Gasteiger partial charge on any atom is 0.342 e. The predicted molar refractivity (Wildman–Crippen MR) is 99.9 cm³/mol. The van der Waals surface area contributed by atoms with E-state index in [4.69, 9.17) is 4.74 Å². The highest BCUT2D eigenvalue weighted by Crippen LogP contribution is 2.26. The van der Waals surface area contributed by atoms with Gasteiger partial charge in [0.15, 0.2) is 0 Å². The van der Waals surface area contributed by atoms with E-state index in [1.807, 2.05) is 36.4 Å². The highest BCUT2D eigenvalue weighted by atomic mass is 16.5. The van der Waals surface area contributed by atoms with E-state index >= 15 is 0 Å². The van der Waals surface area contributed by atoms with Crippen molar-refractivity contribution in [2.45, 2.75) is 32.8 Å². The first-order chi connectivity index (χ1) is 11.8. The summed E-state index contributed by atoms with van der Waals surface area (Å²) in [5, 5.41) is 11.9. The van der Waals surface area contributed by atoms with Gasteiger partial charge >= 0.3 is 5.97 Å². The third-order valence-corrected chi connectivity index (χ3v) is 4.27. The fourth-order valence-electron chi connectivity index (χ4n) is 2.72. The summed E-state index contributed by atoms with van der Waals surface area (Å²) in [5.74, 6) is -0.588. The van der Waals surface area contributed by atoms with Crippen molar-refractivity contribution in [3.05, 3.63) is 77.4 Å². The zero-order valence-corrected chi connectivity index (χ0v) is 14.7. The van der Waals surface area contributed by atoms with Crippen molar-refractivity contribution < 1.29 is 14.6 Å². The Morgan fingerprint density at radius 3 is 2.16 bits per heavy atom. The Kier molecular flexibility index (Phi) is 4.49. The van der Waals surface area contributed by atoms with Crippen LogP contribution in [0.5, 0.6) is 5.75 Å². The standard InChI is InChI=1S/C22H22O3/c1-22(2,3)18-10-8-15(9-11-18)14-25-21(24)19-12-16-6-4-5-7-17(16)13-20(19)23/h4-13,23H,14H2,1-3H3. The maximum atomic E-state index is 12.3. The third-order valence-electron chi connectivity index (χ3n) is 4.27. The van der Waals surface area contributed by atoms with Crippen LogP contribution in [-0.2, 0) is 16.8 Å². The van der Waals surface area contributed by atoms with Crippen LogP contribution >= 0.6 is 0 Å². The number of benzene rings is 3. The van der Waals surface area contributed by atoms with Crippen molar-refractivity contribution in [1.82, 2.24) is 0 Å². The Bertz CT molecular complexity index is 903. The van der Waals surface area contributed by atoms with Crippen LogP contribution in [0.1, 0.15) is 42.3 Å². The van der Waals surface area contributed by atoms with Crippen LogP contribution in [0.3, 0.4) is 0 Å². The molecule has 3 aromatic carbocycles. The fraction of sp³-hybridized carbons (Fsp3) is 0.227. The number of carbonyl (C=O) groups is 1. The Morgan fingerprint density at radius 1 is 0.960 bits per heavy atom. The van der Waals surface area contributed by atoms with Gasteiger partial charge in [-0.05, 0) is 39.4 Å². The van der Waals surface area contributed by atoms with Gasteiger partial charge in [0.1, 0.15) is 17.9 Å². The van der Waals surface area contributed by atoms with Crippen molar-refractivity contribution in [3.63, 3.8) is 0 Å². The minimum Gasteiger partial charge on any atom is -0.507 e. The summed E-state index contributed by atoms with van der Waals surface area (Å²) in [4.78, 5) is 12.3. The molecule has 0 atom stereocenters. The number of rotatable bonds is 3. The van der Waals surface area contributed by atoms with Crippen LogP contribution in [-0.4, -0.2) is 11.1 Å². The Hall–Kier alpha value is -2.81. The van der Waals surface area contributed by atoms with E-state index in [9.17, 15) is 9.90 Å². The highest BCUT2D eigenvalue weighted by Gasteiger charge is 2.15. The molecule has 128 valence electrons. The van der Waals surface area contributed by atoms with E-state index < -0.39 is 5.97 Å². The molecule has 0 aliphatic rings. The Morgan fingerprint density at radius 2 is 1.56 bits per heavy atom. The zero-order chi connectivity index (χ0) is 18.0. The van der Waals surface area contributed by atoms with Crippen LogP contribution < -0.4 is 0 Å². The molecule has 0 radical (unpaired) electrons. The van der Waals surface area contributed by atoms with Gasteiger partial charge in [0.25, 0.3) is 0 Å². The van der Waals surface area contributed by atoms with Crippen LogP contribution in [0.25, 0.3) is 10.8 Å². The molecule has 3 heteroatoms. The molecular formula is C22H22O3.